The molecule has 1 aliphatic heterocycles. The van der Waals surface area contributed by atoms with Crippen LogP contribution in [-0.2, 0) is 16.0 Å². The standard InChI is InChI=1S/C22H24N4O3S/c1-29-12-10-24-21(28)20-19(17-6-4-9-25-22(17)30-20)15-7-11-26(14-15)18(27)13-16-5-2-3-8-23-16/h2-6,8-9,15H,7,10-14H2,1H3,(H,24,28). The predicted octanol–water partition coefficient (Wildman–Crippen LogP) is 2.63. The van der Waals surface area contributed by atoms with Crippen molar-refractivity contribution in [2.45, 2.75) is 18.8 Å². The van der Waals surface area contributed by atoms with E-state index >= 15 is 0 Å². The van der Waals surface area contributed by atoms with E-state index in [-0.39, 0.29) is 17.7 Å². The number of ether oxygens (including phenoxy) is 1. The lowest BCUT2D eigenvalue weighted by molar-refractivity contribution is -0.129. The molecule has 30 heavy (non-hydrogen) atoms. The van der Waals surface area contributed by atoms with E-state index in [1.807, 2.05) is 35.2 Å². The van der Waals surface area contributed by atoms with Crippen LogP contribution in [0.3, 0.4) is 0 Å². The summed E-state index contributed by atoms with van der Waals surface area (Å²) in [5.74, 6) is 0.0714. The van der Waals surface area contributed by atoms with Gasteiger partial charge in [0.1, 0.15) is 4.83 Å². The van der Waals surface area contributed by atoms with Gasteiger partial charge in [-0.2, -0.15) is 0 Å². The van der Waals surface area contributed by atoms with Gasteiger partial charge in [0.2, 0.25) is 5.91 Å². The summed E-state index contributed by atoms with van der Waals surface area (Å²) in [6.07, 6.45) is 4.57. The van der Waals surface area contributed by atoms with E-state index in [2.05, 4.69) is 15.3 Å². The molecule has 4 heterocycles. The van der Waals surface area contributed by atoms with Gasteiger partial charge in [0, 0.05) is 56.1 Å². The number of methoxy groups -OCH3 is 1. The van der Waals surface area contributed by atoms with Gasteiger partial charge < -0.3 is 15.0 Å². The van der Waals surface area contributed by atoms with Crippen LogP contribution >= 0.6 is 11.3 Å². The number of likely N-dealkylation sites (tertiary alicyclic amines) is 1. The van der Waals surface area contributed by atoms with Crippen molar-refractivity contribution in [1.82, 2.24) is 20.2 Å². The number of aromatic nitrogens is 2. The topological polar surface area (TPSA) is 84.4 Å². The van der Waals surface area contributed by atoms with E-state index in [1.165, 1.54) is 11.3 Å². The van der Waals surface area contributed by atoms with Crippen molar-refractivity contribution in [2.75, 3.05) is 33.4 Å². The third-order valence-corrected chi connectivity index (χ3v) is 6.44. The first-order chi connectivity index (χ1) is 14.7. The summed E-state index contributed by atoms with van der Waals surface area (Å²) < 4.78 is 5.03. The first-order valence-corrected chi connectivity index (χ1v) is 10.8. The molecule has 1 N–H and O–H groups in total. The van der Waals surface area contributed by atoms with Crippen LogP contribution in [0.15, 0.2) is 42.7 Å². The van der Waals surface area contributed by atoms with Crippen molar-refractivity contribution in [1.29, 1.82) is 0 Å². The maximum Gasteiger partial charge on any atom is 0.261 e. The first-order valence-electron chi connectivity index (χ1n) is 9.99. The Bertz CT molecular complexity index is 1040. The smallest absolute Gasteiger partial charge is 0.261 e. The summed E-state index contributed by atoms with van der Waals surface area (Å²) in [5, 5.41) is 3.92. The summed E-state index contributed by atoms with van der Waals surface area (Å²) in [5.41, 5.74) is 1.78. The van der Waals surface area contributed by atoms with Crippen molar-refractivity contribution < 1.29 is 14.3 Å². The summed E-state index contributed by atoms with van der Waals surface area (Å²) in [6, 6.07) is 9.50. The van der Waals surface area contributed by atoms with Gasteiger partial charge in [-0.3, -0.25) is 14.6 Å². The zero-order valence-electron chi connectivity index (χ0n) is 16.8. The van der Waals surface area contributed by atoms with Crippen LogP contribution in [0.1, 0.15) is 33.3 Å². The highest BCUT2D eigenvalue weighted by molar-refractivity contribution is 7.20. The Hall–Kier alpha value is -2.84. The molecule has 156 valence electrons. The predicted molar refractivity (Wildman–Crippen MR) is 116 cm³/mol. The summed E-state index contributed by atoms with van der Waals surface area (Å²) >= 11 is 1.41. The first kappa shape index (κ1) is 20.4. The molecule has 4 rings (SSSR count). The van der Waals surface area contributed by atoms with Crippen LogP contribution in [-0.4, -0.2) is 60.0 Å². The van der Waals surface area contributed by atoms with Gasteiger partial charge in [0.15, 0.2) is 0 Å². The third-order valence-electron chi connectivity index (χ3n) is 5.31. The number of carbonyl (C=O) groups is 2. The molecular weight excluding hydrogens is 400 g/mol. The molecule has 2 amide bonds. The van der Waals surface area contributed by atoms with Gasteiger partial charge in [-0.25, -0.2) is 4.98 Å². The average Bonchev–Trinajstić information content (AvgIpc) is 3.39. The van der Waals surface area contributed by atoms with Gasteiger partial charge >= 0.3 is 0 Å². The van der Waals surface area contributed by atoms with E-state index in [4.69, 9.17) is 4.74 Å². The molecule has 0 spiro atoms. The fourth-order valence-corrected chi connectivity index (χ4v) is 5.01. The van der Waals surface area contributed by atoms with E-state index in [9.17, 15) is 9.59 Å². The third kappa shape index (κ3) is 4.34. The second-order valence-electron chi connectivity index (χ2n) is 7.27. The Morgan fingerprint density at radius 1 is 1.23 bits per heavy atom. The van der Waals surface area contributed by atoms with Crippen LogP contribution in [0.4, 0.5) is 0 Å². The van der Waals surface area contributed by atoms with Crippen molar-refractivity contribution in [3.63, 3.8) is 0 Å². The molecule has 0 aliphatic carbocycles. The zero-order chi connectivity index (χ0) is 20.9. The second kappa shape index (κ2) is 9.32. The number of amides is 2. The van der Waals surface area contributed by atoms with Crippen LogP contribution < -0.4 is 5.32 Å². The highest BCUT2D eigenvalue weighted by atomic mass is 32.1. The maximum atomic E-state index is 12.9. The number of fused-ring (bicyclic) bond motifs is 1. The molecule has 1 aliphatic rings. The van der Waals surface area contributed by atoms with Crippen LogP contribution in [0.25, 0.3) is 10.2 Å². The minimum Gasteiger partial charge on any atom is -0.383 e. The quantitative estimate of drug-likeness (QED) is 0.590. The molecule has 1 unspecified atom stereocenters. The van der Waals surface area contributed by atoms with Crippen LogP contribution in [0.2, 0.25) is 0 Å². The summed E-state index contributed by atoms with van der Waals surface area (Å²) in [4.78, 5) is 37.7. The molecule has 1 fully saturated rings. The monoisotopic (exact) mass is 424 g/mol. The number of rotatable bonds is 7. The molecule has 1 atom stereocenters. The Morgan fingerprint density at radius 2 is 2.10 bits per heavy atom. The second-order valence-corrected chi connectivity index (χ2v) is 8.27. The van der Waals surface area contributed by atoms with Gasteiger partial charge in [-0.15, -0.1) is 11.3 Å². The van der Waals surface area contributed by atoms with Crippen molar-refractivity contribution in [3.05, 3.63) is 58.9 Å². The fraction of sp³-hybridized carbons (Fsp3) is 0.364. The molecule has 0 saturated carbocycles. The Balaban J connectivity index is 1.54. The molecule has 8 heteroatoms. The van der Waals surface area contributed by atoms with Crippen molar-refractivity contribution >= 4 is 33.4 Å². The largest absolute Gasteiger partial charge is 0.383 e. The molecule has 0 aromatic carbocycles. The number of nitrogens with one attached hydrogen (secondary N) is 1. The van der Waals surface area contributed by atoms with E-state index in [0.29, 0.717) is 37.5 Å². The highest BCUT2D eigenvalue weighted by Crippen LogP contribution is 2.39. The van der Waals surface area contributed by atoms with Crippen molar-refractivity contribution in [2.24, 2.45) is 0 Å². The fourth-order valence-electron chi connectivity index (χ4n) is 3.86. The van der Waals surface area contributed by atoms with Crippen molar-refractivity contribution in [3.8, 4) is 0 Å². The van der Waals surface area contributed by atoms with Crippen LogP contribution in [0.5, 0.6) is 0 Å². The summed E-state index contributed by atoms with van der Waals surface area (Å²) in [6.45, 7) is 2.20. The molecule has 7 nitrogen and oxygen atoms in total. The average molecular weight is 425 g/mol. The minimum atomic E-state index is -0.108. The molecule has 0 radical (unpaired) electrons. The van der Waals surface area contributed by atoms with E-state index in [0.717, 1.165) is 27.9 Å². The highest BCUT2D eigenvalue weighted by Gasteiger charge is 2.32. The number of pyridine rings is 2. The molecule has 0 bridgehead atoms. The molecular formula is C22H24N4O3S. The summed E-state index contributed by atoms with van der Waals surface area (Å²) in [7, 11) is 1.61. The van der Waals surface area contributed by atoms with E-state index < -0.39 is 0 Å². The SMILES string of the molecule is COCCNC(=O)c1sc2ncccc2c1C1CCN(C(=O)Cc2ccccn2)C1. The molecule has 3 aromatic rings. The lowest BCUT2D eigenvalue weighted by Gasteiger charge is -2.17. The normalized spacial score (nSPS) is 16.2. The Kier molecular flexibility index (Phi) is 6.35. The molecule has 1 saturated heterocycles. The van der Waals surface area contributed by atoms with Crippen LogP contribution in [0, 0.1) is 0 Å². The van der Waals surface area contributed by atoms with Gasteiger partial charge in [-0.1, -0.05) is 12.1 Å². The number of thiophene rings is 1. The minimum absolute atomic E-state index is 0.0694. The van der Waals surface area contributed by atoms with E-state index in [1.54, 1.807) is 19.5 Å². The van der Waals surface area contributed by atoms with Gasteiger partial charge in [-0.05, 0) is 30.2 Å². The molecule has 3 aromatic heterocycles. The number of hydrogen-bond acceptors (Lipinski definition) is 6. The van der Waals surface area contributed by atoms with Gasteiger partial charge in [0.05, 0.1) is 17.9 Å². The Labute approximate surface area is 179 Å². The Morgan fingerprint density at radius 3 is 2.90 bits per heavy atom. The number of hydrogen-bond donors (Lipinski definition) is 1. The lowest BCUT2D eigenvalue weighted by Crippen LogP contribution is -2.30. The zero-order valence-corrected chi connectivity index (χ0v) is 17.7. The van der Waals surface area contributed by atoms with Gasteiger partial charge in [0.25, 0.3) is 5.91 Å². The number of carbonyl (C=O) groups excluding carboxylic acids is 2. The lowest BCUT2D eigenvalue weighted by atomic mass is 9.95. The maximum absolute atomic E-state index is 12.9. The number of nitrogens with zero attached hydrogens (tertiary/aromatic N) is 3.